The Kier molecular flexibility index (Phi) is 10.00. The zero-order valence-corrected chi connectivity index (χ0v) is 5.67. The molecule has 0 bridgehead atoms. The molecule has 0 aromatic carbocycles. The Morgan fingerprint density at radius 1 is 1.57 bits per heavy atom. The van der Waals surface area contributed by atoms with Gasteiger partial charge in [-0.2, -0.15) is 6.61 Å². The minimum absolute atomic E-state index is 0. The number of aliphatic hydroxyl groups excluding tert-OH is 3. The maximum absolute atomic E-state index is 8.11. The molecule has 48 valence electrons. The third kappa shape index (κ3) is 6.62. The van der Waals surface area contributed by atoms with E-state index in [1.807, 2.05) is 0 Å². The van der Waals surface area contributed by atoms with Crippen LogP contribution in [-0.4, -0.2) is 28.0 Å². The molecule has 0 amide bonds. The van der Waals surface area contributed by atoms with E-state index < -0.39 is 12.7 Å². The molecule has 7 heavy (non-hydrogen) atoms. The standard InChI is InChI=1S/C3H7O3.Au/c4-1-3(6)2-5;/h1,3-6H,2H2;/q-1;+1. The molecule has 0 aliphatic carbocycles. The molecule has 0 fully saturated rings. The van der Waals surface area contributed by atoms with E-state index >= 15 is 0 Å². The van der Waals surface area contributed by atoms with E-state index in [2.05, 4.69) is 0 Å². The van der Waals surface area contributed by atoms with Crippen LogP contribution in [0.2, 0.25) is 0 Å². The van der Waals surface area contributed by atoms with Crippen LogP contribution in [0.15, 0.2) is 0 Å². The Labute approximate surface area is 57.5 Å². The fourth-order valence-corrected chi connectivity index (χ4v) is 0.0471. The summed E-state index contributed by atoms with van der Waals surface area (Å²) in [6, 6.07) is 0. The van der Waals surface area contributed by atoms with Crippen LogP contribution >= 0.6 is 0 Å². The van der Waals surface area contributed by atoms with Crippen molar-refractivity contribution in [2.75, 3.05) is 6.61 Å². The van der Waals surface area contributed by atoms with Crippen LogP contribution in [0.1, 0.15) is 0 Å². The van der Waals surface area contributed by atoms with Crippen molar-refractivity contribution in [2.45, 2.75) is 6.10 Å². The molecule has 3 nitrogen and oxygen atoms in total. The molecule has 0 aliphatic heterocycles. The van der Waals surface area contributed by atoms with Gasteiger partial charge in [-0.15, -0.1) is 0 Å². The van der Waals surface area contributed by atoms with Gasteiger partial charge in [-0.25, -0.2) is 0 Å². The summed E-state index contributed by atoms with van der Waals surface area (Å²) < 4.78 is 0. The van der Waals surface area contributed by atoms with Crippen LogP contribution in [0.5, 0.6) is 0 Å². The van der Waals surface area contributed by atoms with Gasteiger partial charge in [0.2, 0.25) is 0 Å². The fraction of sp³-hybridized carbons (Fsp3) is 0.667. The van der Waals surface area contributed by atoms with Crippen LogP contribution in [0.3, 0.4) is 0 Å². The van der Waals surface area contributed by atoms with Gasteiger partial charge in [0.05, 0.1) is 0 Å². The Bertz CT molecular complexity index is 29.4. The molecule has 1 atom stereocenters. The van der Waals surface area contributed by atoms with Crippen molar-refractivity contribution >= 4 is 0 Å². The zero-order chi connectivity index (χ0) is 4.99. The van der Waals surface area contributed by atoms with Gasteiger partial charge in [0.1, 0.15) is 0 Å². The van der Waals surface area contributed by atoms with Gasteiger partial charge in [-0.3, -0.25) is 0 Å². The van der Waals surface area contributed by atoms with E-state index in [4.69, 9.17) is 15.3 Å². The van der Waals surface area contributed by atoms with Gasteiger partial charge in [-0.1, -0.05) is 0 Å². The van der Waals surface area contributed by atoms with E-state index in [9.17, 15) is 0 Å². The maximum Gasteiger partial charge on any atom is 1.00 e. The normalized spacial score (nSPS) is 12.4. The third-order valence-electron chi connectivity index (χ3n) is 0.359. The molecule has 1 unspecified atom stereocenters. The first kappa shape index (κ1) is 10.6. The molecule has 0 saturated carbocycles. The van der Waals surface area contributed by atoms with Crippen molar-refractivity contribution in [2.24, 2.45) is 0 Å². The largest absolute Gasteiger partial charge is 1.00 e. The Morgan fingerprint density at radius 2 is 2.00 bits per heavy atom. The minimum atomic E-state index is -1.08. The molecule has 0 rings (SSSR count). The first-order chi connectivity index (χ1) is 2.81. The average molecular weight is 288 g/mol. The molecule has 0 heterocycles. The summed E-state index contributed by atoms with van der Waals surface area (Å²) in [5.41, 5.74) is 0. The summed E-state index contributed by atoms with van der Waals surface area (Å²) in [6.45, 7) is 0.108. The van der Waals surface area contributed by atoms with E-state index in [0.29, 0.717) is 6.61 Å². The van der Waals surface area contributed by atoms with Crippen molar-refractivity contribution in [3.05, 3.63) is 6.61 Å². The van der Waals surface area contributed by atoms with Crippen LogP contribution in [-0.2, 0) is 22.4 Å². The van der Waals surface area contributed by atoms with Gasteiger partial charge in [-0.05, 0) is 6.10 Å². The second-order valence-electron chi connectivity index (χ2n) is 0.899. The van der Waals surface area contributed by atoms with Crippen molar-refractivity contribution in [1.29, 1.82) is 0 Å². The van der Waals surface area contributed by atoms with Crippen molar-refractivity contribution in [3.8, 4) is 0 Å². The zero-order valence-electron chi connectivity index (χ0n) is 3.50. The average Bonchev–Trinajstić information content (AvgIpc) is 1.65. The summed E-state index contributed by atoms with van der Waals surface area (Å²) in [5, 5.41) is 23.8. The molecule has 0 spiro atoms. The smallest absolute Gasteiger partial charge is 0.563 e. The Balaban J connectivity index is 0. The summed E-state index contributed by atoms with van der Waals surface area (Å²) in [4.78, 5) is 0. The quantitative estimate of drug-likeness (QED) is 0.445. The molecule has 0 radical (unpaired) electrons. The van der Waals surface area contributed by atoms with Gasteiger partial charge in [0.25, 0.3) is 0 Å². The molecule has 0 aromatic heterocycles. The summed E-state index contributed by atoms with van der Waals surface area (Å²) in [5.74, 6) is 0. The van der Waals surface area contributed by atoms with Crippen LogP contribution in [0.25, 0.3) is 0 Å². The summed E-state index contributed by atoms with van der Waals surface area (Å²) in [6.07, 6.45) is -1.08. The van der Waals surface area contributed by atoms with Crippen LogP contribution < -0.4 is 0 Å². The predicted octanol–water partition coefficient (Wildman–Crippen LogP) is -1.13. The van der Waals surface area contributed by atoms with Crippen molar-refractivity contribution in [1.82, 2.24) is 0 Å². The second kappa shape index (κ2) is 6.62. The van der Waals surface area contributed by atoms with Gasteiger partial charge >= 0.3 is 22.4 Å². The maximum atomic E-state index is 8.11. The van der Waals surface area contributed by atoms with Gasteiger partial charge in [0.15, 0.2) is 0 Å². The summed E-state index contributed by atoms with van der Waals surface area (Å²) >= 11 is 0. The van der Waals surface area contributed by atoms with E-state index in [-0.39, 0.29) is 22.4 Å². The number of hydrogen-bond acceptors (Lipinski definition) is 3. The van der Waals surface area contributed by atoms with E-state index in [0.717, 1.165) is 0 Å². The van der Waals surface area contributed by atoms with Gasteiger partial charge in [0, 0.05) is 6.61 Å². The third-order valence-corrected chi connectivity index (χ3v) is 0.359. The molecular formula is C3H7AuO3. The Morgan fingerprint density at radius 3 is 2.00 bits per heavy atom. The molecule has 4 heteroatoms. The fourth-order valence-electron chi connectivity index (χ4n) is 0.0471. The Hall–Kier alpha value is 0.620. The van der Waals surface area contributed by atoms with Crippen molar-refractivity contribution < 1.29 is 37.7 Å². The van der Waals surface area contributed by atoms with Crippen molar-refractivity contribution in [3.63, 3.8) is 0 Å². The van der Waals surface area contributed by atoms with Gasteiger partial charge < -0.3 is 15.3 Å². The molecule has 3 N–H and O–H groups in total. The topological polar surface area (TPSA) is 60.7 Å². The summed E-state index contributed by atoms with van der Waals surface area (Å²) in [7, 11) is 0. The van der Waals surface area contributed by atoms with E-state index in [1.54, 1.807) is 0 Å². The van der Waals surface area contributed by atoms with Crippen LogP contribution in [0, 0.1) is 6.61 Å². The number of hydrogen-bond donors (Lipinski definition) is 3. The van der Waals surface area contributed by atoms with E-state index in [1.165, 1.54) is 0 Å². The second-order valence-corrected chi connectivity index (χ2v) is 0.899. The minimum Gasteiger partial charge on any atom is -0.563 e. The number of rotatable bonds is 2. The molecular weight excluding hydrogens is 281 g/mol. The van der Waals surface area contributed by atoms with Crippen LogP contribution in [0.4, 0.5) is 0 Å². The first-order valence-electron chi connectivity index (χ1n) is 1.57. The molecule has 0 aliphatic rings. The molecule has 0 saturated heterocycles. The SMILES string of the molecule is O[CH-]C(O)CO.[Au+]. The monoisotopic (exact) mass is 288 g/mol. The first-order valence-corrected chi connectivity index (χ1v) is 1.57. The number of aliphatic hydroxyl groups is 3. The molecule has 0 aromatic rings. The predicted molar refractivity (Wildman–Crippen MR) is 19.3 cm³/mol.